The minimum absolute atomic E-state index is 0.0641. The summed E-state index contributed by atoms with van der Waals surface area (Å²) in [5, 5.41) is 32.0. The molecule has 0 unspecified atom stereocenters. The van der Waals surface area contributed by atoms with Crippen LogP contribution in [0.4, 0.5) is 20.3 Å². The van der Waals surface area contributed by atoms with E-state index in [1.165, 1.54) is 28.4 Å². The molecule has 4 aromatic heterocycles. The molecule has 2 aliphatic heterocycles. The maximum atomic E-state index is 15.7. The summed E-state index contributed by atoms with van der Waals surface area (Å²) in [5.41, 5.74) is 4.72. The molecular weight excluding hydrogens is 1120 g/mol. The zero-order valence-corrected chi connectivity index (χ0v) is 48.8. The van der Waals surface area contributed by atoms with Gasteiger partial charge in [-0.05, 0) is 67.3 Å². The Balaban J connectivity index is 0.623. The summed E-state index contributed by atoms with van der Waals surface area (Å²) in [5.74, 6) is -2.86. The second-order valence-electron chi connectivity index (χ2n) is 23.2. The topological polar surface area (TPSA) is 283 Å². The number of aliphatic hydroxyl groups excluding tert-OH is 1. The van der Waals surface area contributed by atoms with Gasteiger partial charge < -0.3 is 51.0 Å². The third-order valence-corrected chi connectivity index (χ3v) is 16.7. The number of H-pyrrole nitrogens is 1. The van der Waals surface area contributed by atoms with Gasteiger partial charge in [-0.3, -0.25) is 43.2 Å². The summed E-state index contributed by atoms with van der Waals surface area (Å²) in [6, 6.07) is 8.58. The predicted octanol–water partition coefficient (Wildman–Crippen LogP) is 4.58. The number of likely N-dealkylation sites (tertiary alicyclic amines) is 1. The van der Waals surface area contributed by atoms with Crippen molar-refractivity contribution in [1.29, 1.82) is 0 Å². The number of aromatic amines is 1. The molecule has 26 heteroatoms. The Labute approximate surface area is 494 Å². The first kappa shape index (κ1) is 60.3. The number of halogens is 2. The standard InChI is InChI=1S/C59H72F2N14O9S/c1-35-50(85-34-65-35)38-9-7-36(8-10-38)44(70-54(79)46-26-41(76)31-75(46)56(81)51(58(2,3)4)71-57(82)59(61)13-14-59)27-48(77)62-15-21-83-23-24-84-22-16-63-49(78)33-72-17-19-73(20-18-72)55(80)39-11-12-43(42(60)25-39)68-52-53-64-30-47(40-28-66-67-29-40)74(53)32-45(69-52)37-5-6-37/h7-12,25,28-30,32,34,37,41,44,46,51,76H,5-6,13-24,26-27,31,33H2,1-4H3,(H,62,77)(H,63,78)(H,66,67)(H,68,69)(H,70,79)(H,71,82)/t41-,44+,46+,51-/m1/s1. The van der Waals surface area contributed by atoms with Crippen molar-refractivity contribution >= 4 is 63.9 Å². The van der Waals surface area contributed by atoms with Gasteiger partial charge in [0.05, 0.1) is 97.1 Å². The number of aromatic nitrogens is 6. The van der Waals surface area contributed by atoms with E-state index in [1.807, 2.05) is 46.7 Å². The summed E-state index contributed by atoms with van der Waals surface area (Å²) in [4.78, 5) is 100. The van der Waals surface area contributed by atoms with E-state index in [9.17, 15) is 38.3 Å². The molecule has 2 aliphatic carbocycles. The van der Waals surface area contributed by atoms with E-state index >= 15 is 4.39 Å². The number of anilines is 2. The van der Waals surface area contributed by atoms with Gasteiger partial charge in [0, 0.05) is 81.7 Å². The monoisotopic (exact) mass is 1190 g/mol. The molecule has 85 heavy (non-hydrogen) atoms. The van der Waals surface area contributed by atoms with Crippen molar-refractivity contribution in [3.05, 3.63) is 101 Å². The molecule has 2 saturated heterocycles. The first-order valence-electron chi connectivity index (χ1n) is 28.8. The number of piperazine rings is 1. The van der Waals surface area contributed by atoms with Gasteiger partial charge in [0.15, 0.2) is 17.1 Å². The van der Waals surface area contributed by atoms with Gasteiger partial charge in [0.25, 0.3) is 11.8 Å². The quantitative estimate of drug-likeness (QED) is 0.0387. The molecule has 0 radical (unpaired) electrons. The molecule has 0 spiro atoms. The Kier molecular flexibility index (Phi) is 18.6. The first-order chi connectivity index (χ1) is 40.8. The molecular formula is C59H72F2N14O9S. The van der Waals surface area contributed by atoms with E-state index in [0.717, 1.165) is 45.9 Å². The van der Waals surface area contributed by atoms with E-state index < -0.39 is 58.9 Å². The number of rotatable bonds is 25. The van der Waals surface area contributed by atoms with Crippen LogP contribution in [0.1, 0.15) is 98.6 Å². The molecule has 2 aromatic carbocycles. The molecule has 10 rings (SSSR count). The van der Waals surface area contributed by atoms with Crippen LogP contribution in [0, 0.1) is 18.2 Å². The minimum atomic E-state index is -2.03. The largest absolute Gasteiger partial charge is 0.391 e. The van der Waals surface area contributed by atoms with E-state index in [-0.39, 0.29) is 107 Å². The van der Waals surface area contributed by atoms with Crippen LogP contribution in [0.25, 0.3) is 27.3 Å². The summed E-state index contributed by atoms with van der Waals surface area (Å²) in [6.07, 6.45) is 8.08. The molecule has 4 atom stereocenters. The third kappa shape index (κ3) is 14.8. The fourth-order valence-corrected chi connectivity index (χ4v) is 11.3. The van der Waals surface area contributed by atoms with Crippen LogP contribution < -0.4 is 26.6 Å². The number of carbonyl (C=O) groups is 6. The summed E-state index contributed by atoms with van der Waals surface area (Å²) in [7, 11) is 0. The van der Waals surface area contributed by atoms with Crippen molar-refractivity contribution in [1.82, 2.24) is 65.5 Å². The highest BCUT2D eigenvalue weighted by molar-refractivity contribution is 7.13. The van der Waals surface area contributed by atoms with Crippen molar-refractivity contribution in [3.8, 4) is 21.7 Å². The Morgan fingerprint density at radius 2 is 1.61 bits per heavy atom. The van der Waals surface area contributed by atoms with Gasteiger partial charge >= 0.3 is 0 Å². The normalized spacial score (nSPS) is 18.4. The number of hydrogen-bond acceptors (Lipinski definition) is 16. The Bertz CT molecular complexity index is 3370. The van der Waals surface area contributed by atoms with Crippen LogP contribution in [-0.4, -0.2) is 187 Å². The summed E-state index contributed by atoms with van der Waals surface area (Å²) in [6.45, 7) is 9.97. The van der Waals surface area contributed by atoms with Crippen LogP contribution in [-0.2, 0) is 33.4 Å². The highest BCUT2D eigenvalue weighted by Crippen LogP contribution is 2.42. The lowest BCUT2D eigenvalue weighted by Crippen LogP contribution is -2.59. The van der Waals surface area contributed by atoms with Gasteiger partial charge in [0.2, 0.25) is 23.6 Å². The molecule has 4 fully saturated rings. The van der Waals surface area contributed by atoms with Gasteiger partial charge in [-0.1, -0.05) is 45.0 Å². The molecule has 452 valence electrons. The molecule has 2 saturated carbocycles. The number of imidazole rings is 1. The molecule has 0 bridgehead atoms. The zero-order chi connectivity index (χ0) is 60.0. The number of ether oxygens (including phenoxy) is 2. The number of carbonyl (C=O) groups excluding carboxylic acids is 6. The van der Waals surface area contributed by atoms with E-state index in [1.54, 1.807) is 55.8 Å². The lowest BCUT2D eigenvalue weighted by molar-refractivity contribution is -0.145. The average molecular weight is 1190 g/mol. The third-order valence-electron chi connectivity index (χ3n) is 15.7. The smallest absolute Gasteiger partial charge is 0.258 e. The number of alkyl halides is 1. The van der Waals surface area contributed by atoms with E-state index in [4.69, 9.17) is 14.5 Å². The number of nitrogens with one attached hydrogen (secondary N) is 6. The van der Waals surface area contributed by atoms with Crippen molar-refractivity contribution < 1.29 is 52.1 Å². The van der Waals surface area contributed by atoms with Gasteiger partial charge in [-0.15, -0.1) is 11.3 Å². The number of benzene rings is 2. The van der Waals surface area contributed by atoms with Crippen LogP contribution in [0.5, 0.6) is 0 Å². The maximum Gasteiger partial charge on any atom is 0.258 e. The van der Waals surface area contributed by atoms with Crippen molar-refractivity contribution in [2.75, 3.05) is 84.1 Å². The molecule has 7 N–H and O–H groups in total. The number of aliphatic hydroxyl groups is 1. The number of hydrogen-bond donors (Lipinski definition) is 7. The Morgan fingerprint density at radius 3 is 2.25 bits per heavy atom. The number of thiazole rings is 1. The van der Waals surface area contributed by atoms with Crippen molar-refractivity contribution in [3.63, 3.8) is 0 Å². The number of fused-ring (bicyclic) bond motifs is 1. The Morgan fingerprint density at radius 1 is 0.894 bits per heavy atom. The lowest BCUT2D eigenvalue weighted by Gasteiger charge is -2.36. The zero-order valence-electron chi connectivity index (χ0n) is 48.0. The lowest BCUT2D eigenvalue weighted by atomic mass is 9.85. The second kappa shape index (κ2) is 26.2. The molecule has 6 aromatic rings. The van der Waals surface area contributed by atoms with E-state index in [2.05, 4.69) is 46.7 Å². The van der Waals surface area contributed by atoms with Crippen LogP contribution >= 0.6 is 11.3 Å². The van der Waals surface area contributed by atoms with Gasteiger partial charge in [0.1, 0.15) is 17.9 Å². The van der Waals surface area contributed by atoms with Crippen LogP contribution in [0.15, 0.2) is 72.8 Å². The summed E-state index contributed by atoms with van der Waals surface area (Å²) < 4.78 is 43.7. The second-order valence-corrected chi connectivity index (χ2v) is 24.1. The maximum absolute atomic E-state index is 15.7. The predicted molar refractivity (Wildman–Crippen MR) is 311 cm³/mol. The van der Waals surface area contributed by atoms with Crippen LogP contribution in [0.2, 0.25) is 0 Å². The number of β-amino-alcohol motifs (C(OH)–C–C–N with tert-alkyl or cyclic N) is 1. The fourth-order valence-electron chi connectivity index (χ4n) is 10.5. The van der Waals surface area contributed by atoms with Crippen LogP contribution in [0.3, 0.4) is 0 Å². The molecule has 4 aliphatic rings. The van der Waals surface area contributed by atoms with E-state index in [0.29, 0.717) is 49.1 Å². The number of amides is 6. The fraction of sp³-hybridized carbons (Fsp3) is 0.492. The summed E-state index contributed by atoms with van der Waals surface area (Å²) >= 11 is 1.49. The highest BCUT2D eigenvalue weighted by Gasteiger charge is 2.53. The highest BCUT2D eigenvalue weighted by atomic mass is 32.1. The first-order valence-corrected chi connectivity index (χ1v) is 29.6. The van der Waals surface area contributed by atoms with Crippen molar-refractivity contribution in [2.24, 2.45) is 5.41 Å². The molecule has 6 amide bonds. The number of nitrogens with zero attached hydrogens (tertiary/aromatic N) is 8. The van der Waals surface area contributed by atoms with Gasteiger partial charge in [-0.25, -0.2) is 23.7 Å². The van der Waals surface area contributed by atoms with Gasteiger partial charge in [-0.2, -0.15) is 5.10 Å². The Hall–Kier alpha value is -7.78. The molecule has 6 heterocycles. The average Bonchev–Trinajstić information content (AvgIpc) is 2.99. The number of aryl methyl sites for hydroxylation is 1. The SMILES string of the molecule is Cc1ncsc1-c1ccc([C@H](CC(=O)NCCOCCOCCNC(=O)CN2CCN(C(=O)c3ccc(Nc4nc(C5CC5)cn5c(-c6cn[nH]c6)cnc45)c(F)c3)CC2)NC(=O)[C@@H]2C[C@@H](O)CN2C(=O)[C@@H](NC(=O)C2(F)CC2)C(C)(C)C)cc1. The van der Waals surface area contributed by atoms with Crippen molar-refractivity contribution in [2.45, 2.75) is 102 Å². The minimum Gasteiger partial charge on any atom is -0.391 e. The molecule has 23 nitrogen and oxygen atoms in total.